The second kappa shape index (κ2) is 7.88. The van der Waals surface area contributed by atoms with Gasteiger partial charge >= 0.3 is 6.09 Å². The molecule has 2 aromatic carbocycles. The third kappa shape index (κ3) is 3.49. The number of hydrogen-bond acceptors (Lipinski definition) is 5. The van der Waals surface area contributed by atoms with Gasteiger partial charge in [0.05, 0.1) is 24.4 Å². The molecule has 1 atom stereocenters. The van der Waals surface area contributed by atoms with Crippen molar-refractivity contribution in [2.45, 2.75) is 18.8 Å². The number of hydrogen-bond donors (Lipinski definition) is 3. The maximum Gasteiger partial charge on any atom is 0.404 e. The molecule has 1 aliphatic rings. The first-order valence-corrected chi connectivity index (χ1v) is 10.3. The first kappa shape index (κ1) is 19.9. The Balaban J connectivity index is 1.57. The molecule has 5 rings (SSSR count). The summed E-state index contributed by atoms with van der Waals surface area (Å²) in [7, 11) is 1.56. The van der Waals surface area contributed by atoms with E-state index in [0.29, 0.717) is 40.2 Å². The number of methoxy groups -OCH3 is 1. The largest absolute Gasteiger partial charge is 0.496 e. The van der Waals surface area contributed by atoms with Crippen molar-refractivity contribution < 1.29 is 19.1 Å². The third-order valence-electron chi connectivity index (χ3n) is 6.01. The lowest BCUT2D eigenvalue weighted by Crippen LogP contribution is -2.25. The highest BCUT2D eigenvalue weighted by atomic mass is 16.5. The number of carboxylic acid groups (broad SMARTS) is 1. The molecule has 0 aliphatic heterocycles. The average molecular weight is 431 g/mol. The number of aromatic nitrogens is 2. The fourth-order valence-corrected chi connectivity index (χ4v) is 4.42. The second-order valence-corrected chi connectivity index (χ2v) is 7.85. The second-order valence-electron chi connectivity index (χ2n) is 7.85. The predicted molar refractivity (Wildman–Crippen MR) is 119 cm³/mol. The smallest absolute Gasteiger partial charge is 0.404 e. The van der Waals surface area contributed by atoms with Gasteiger partial charge in [0.2, 0.25) is 0 Å². The number of fused-ring (bicyclic) bond motifs is 2. The molecule has 1 amide bonds. The van der Waals surface area contributed by atoms with Gasteiger partial charge in [-0.15, -0.1) is 0 Å². The average Bonchev–Trinajstić information content (AvgIpc) is 3.46. The van der Waals surface area contributed by atoms with E-state index in [1.54, 1.807) is 31.5 Å². The standard InChI is InChI=1S/C24H21N3O5/c1-31-22-9-20-17(7-18(22)23-11-25-12-32-23)21(28)8-19(27-20)14-4-2-13-3-5-15(16(13)6-14)10-26-24(29)30/h2,4,6-9,11-12,15,26H,3,5,10H2,1H3,(H,27,28)(H,29,30). The van der Waals surface area contributed by atoms with Crippen molar-refractivity contribution in [2.75, 3.05) is 13.7 Å². The van der Waals surface area contributed by atoms with Crippen LogP contribution in [0.15, 0.2) is 58.2 Å². The Morgan fingerprint density at radius 1 is 1.31 bits per heavy atom. The van der Waals surface area contributed by atoms with E-state index in [0.717, 1.165) is 24.0 Å². The zero-order valence-corrected chi connectivity index (χ0v) is 17.3. The van der Waals surface area contributed by atoms with Crippen LogP contribution in [0.3, 0.4) is 0 Å². The molecular weight excluding hydrogens is 410 g/mol. The highest BCUT2D eigenvalue weighted by Crippen LogP contribution is 2.36. The Hall–Kier alpha value is -4.07. The van der Waals surface area contributed by atoms with Crippen molar-refractivity contribution in [1.82, 2.24) is 15.3 Å². The van der Waals surface area contributed by atoms with Crippen LogP contribution in [-0.4, -0.2) is 34.8 Å². The Bertz CT molecular complexity index is 1370. The number of amides is 1. The zero-order chi connectivity index (χ0) is 22.2. The molecular formula is C24H21N3O5. The summed E-state index contributed by atoms with van der Waals surface area (Å²) in [6.07, 6.45) is 3.70. The highest BCUT2D eigenvalue weighted by molar-refractivity contribution is 5.88. The van der Waals surface area contributed by atoms with Crippen molar-refractivity contribution in [2.24, 2.45) is 0 Å². The predicted octanol–water partition coefficient (Wildman–Crippen LogP) is 4.16. The number of pyridine rings is 1. The van der Waals surface area contributed by atoms with Crippen LogP contribution < -0.4 is 15.5 Å². The number of aryl methyl sites for hydroxylation is 1. The normalized spacial score (nSPS) is 15.0. The molecule has 2 aromatic heterocycles. The van der Waals surface area contributed by atoms with Crippen molar-refractivity contribution >= 4 is 17.0 Å². The first-order valence-electron chi connectivity index (χ1n) is 10.3. The summed E-state index contributed by atoms with van der Waals surface area (Å²) in [6, 6.07) is 11.2. The summed E-state index contributed by atoms with van der Waals surface area (Å²) in [5, 5.41) is 11.9. The van der Waals surface area contributed by atoms with E-state index in [2.05, 4.69) is 21.4 Å². The van der Waals surface area contributed by atoms with Crippen LogP contribution in [0.4, 0.5) is 4.79 Å². The highest BCUT2D eigenvalue weighted by Gasteiger charge is 2.23. The van der Waals surface area contributed by atoms with Crippen molar-refractivity contribution in [3.63, 3.8) is 0 Å². The van der Waals surface area contributed by atoms with Gasteiger partial charge in [0, 0.05) is 35.7 Å². The Kier molecular flexibility index (Phi) is 4.89. The lowest BCUT2D eigenvalue weighted by molar-refractivity contribution is 0.193. The molecule has 1 aliphatic carbocycles. The van der Waals surface area contributed by atoms with Gasteiger partial charge in [-0.05, 0) is 41.7 Å². The summed E-state index contributed by atoms with van der Waals surface area (Å²) in [6.45, 7) is 0.377. The van der Waals surface area contributed by atoms with E-state index < -0.39 is 6.09 Å². The maximum atomic E-state index is 13.0. The van der Waals surface area contributed by atoms with Crippen LogP contribution in [-0.2, 0) is 6.42 Å². The Morgan fingerprint density at radius 2 is 2.19 bits per heavy atom. The van der Waals surface area contributed by atoms with Gasteiger partial charge in [-0.3, -0.25) is 4.79 Å². The van der Waals surface area contributed by atoms with Crippen LogP contribution in [0.5, 0.6) is 5.75 Å². The summed E-state index contributed by atoms with van der Waals surface area (Å²) in [5.74, 6) is 1.21. The molecule has 0 fully saturated rings. The molecule has 8 nitrogen and oxygen atoms in total. The molecule has 0 saturated carbocycles. The molecule has 0 bridgehead atoms. The fraction of sp³-hybridized carbons (Fsp3) is 0.208. The van der Waals surface area contributed by atoms with Crippen molar-refractivity contribution in [3.05, 3.63) is 70.3 Å². The van der Waals surface area contributed by atoms with Crippen molar-refractivity contribution in [3.8, 4) is 28.3 Å². The first-order chi connectivity index (χ1) is 15.5. The Labute approximate surface area is 182 Å². The van der Waals surface area contributed by atoms with E-state index in [1.165, 1.54) is 12.0 Å². The molecule has 1 unspecified atom stereocenters. The molecule has 3 N–H and O–H groups in total. The van der Waals surface area contributed by atoms with E-state index in [-0.39, 0.29) is 11.3 Å². The number of benzene rings is 2. The maximum absolute atomic E-state index is 13.0. The number of nitrogens with zero attached hydrogens (tertiary/aromatic N) is 1. The number of nitrogens with one attached hydrogen (secondary N) is 2. The number of H-pyrrole nitrogens is 1. The van der Waals surface area contributed by atoms with Crippen LogP contribution in [0.2, 0.25) is 0 Å². The van der Waals surface area contributed by atoms with Crippen LogP contribution in [0.25, 0.3) is 33.5 Å². The zero-order valence-electron chi connectivity index (χ0n) is 17.3. The molecule has 32 heavy (non-hydrogen) atoms. The minimum Gasteiger partial charge on any atom is -0.496 e. The lowest BCUT2D eigenvalue weighted by atomic mass is 9.97. The number of oxazole rings is 1. The van der Waals surface area contributed by atoms with E-state index in [1.807, 2.05) is 12.1 Å². The molecule has 0 radical (unpaired) electrons. The summed E-state index contributed by atoms with van der Waals surface area (Å²) in [4.78, 5) is 31.2. The fourth-order valence-electron chi connectivity index (χ4n) is 4.42. The number of carbonyl (C=O) groups is 1. The number of rotatable bonds is 5. The minimum absolute atomic E-state index is 0.123. The third-order valence-corrected chi connectivity index (χ3v) is 6.01. The summed E-state index contributed by atoms with van der Waals surface area (Å²) >= 11 is 0. The molecule has 8 heteroatoms. The van der Waals surface area contributed by atoms with Gasteiger partial charge < -0.3 is 24.6 Å². The monoisotopic (exact) mass is 431 g/mol. The Morgan fingerprint density at radius 3 is 2.94 bits per heavy atom. The van der Waals surface area contributed by atoms with E-state index in [4.69, 9.17) is 14.3 Å². The lowest BCUT2D eigenvalue weighted by Gasteiger charge is -2.14. The van der Waals surface area contributed by atoms with Crippen LogP contribution in [0, 0.1) is 0 Å². The van der Waals surface area contributed by atoms with Crippen LogP contribution in [0.1, 0.15) is 23.5 Å². The van der Waals surface area contributed by atoms with Crippen molar-refractivity contribution in [1.29, 1.82) is 0 Å². The molecule has 0 spiro atoms. The minimum atomic E-state index is -1.02. The van der Waals surface area contributed by atoms with Crippen LogP contribution >= 0.6 is 0 Å². The van der Waals surface area contributed by atoms with Gasteiger partial charge in [0.1, 0.15) is 5.75 Å². The van der Waals surface area contributed by atoms with E-state index in [9.17, 15) is 9.59 Å². The molecule has 2 heterocycles. The molecule has 4 aromatic rings. The quantitative estimate of drug-likeness (QED) is 0.437. The molecule has 0 saturated heterocycles. The van der Waals surface area contributed by atoms with Gasteiger partial charge in [0.15, 0.2) is 17.6 Å². The van der Waals surface area contributed by atoms with Gasteiger partial charge in [-0.25, -0.2) is 9.78 Å². The van der Waals surface area contributed by atoms with Gasteiger partial charge in [0.25, 0.3) is 0 Å². The SMILES string of the molecule is COc1cc2[nH]c(-c3ccc4c(c3)C(CNC(=O)O)CC4)cc(=O)c2cc1-c1cnco1. The summed E-state index contributed by atoms with van der Waals surface area (Å²) < 4.78 is 10.9. The van der Waals surface area contributed by atoms with Gasteiger partial charge in [-0.1, -0.05) is 12.1 Å². The molecule has 162 valence electrons. The number of aromatic amines is 1. The number of ether oxygens (including phenoxy) is 1. The van der Waals surface area contributed by atoms with E-state index >= 15 is 0 Å². The summed E-state index contributed by atoms with van der Waals surface area (Å²) in [5.41, 5.74) is 5.09. The topological polar surface area (TPSA) is 117 Å². The van der Waals surface area contributed by atoms with Gasteiger partial charge in [-0.2, -0.15) is 0 Å².